The van der Waals surface area contributed by atoms with E-state index in [0.29, 0.717) is 0 Å². The lowest BCUT2D eigenvalue weighted by Crippen LogP contribution is -1.92. The van der Waals surface area contributed by atoms with Crippen LogP contribution in [0.5, 0.6) is 5.75 Å². The molecule has 0 radical (unpaired) electrons. The molecule has 0 atom stereocenters. The van der Waals surface area contributed by atoms with Crippen LogP contribution in [0.15, 0.2) is 206 Å². The minimum absolute atomic E-state index is 0.859. The summed E-state index contributed by atoms with van der Waals surface area (Å²) in [4.78, 5) is 0. The van der Waals surface area contributed by atoms with Crippen molar-refractivity contribution in [2.75, 3.05) is 7.11 Å². The summed E-state index contributed by atoms with van der Waals surface area (Å²) in [6, 6.07) is 76.1. The fourth-order valence-electron chi connectivity index (χ4n) is 10.0. The molecule has 0 amide bonds. The first-order valence-corrected chi connectivity index (χ1v) is 21.1. The molecule has 1 heteroatoms. The average molecular weight is 777 g/mol. The van der Waals surface area contributed by atoms with Gasteiger partial charge in [-0.2, -0.15) is 0 Å². The first-order valence-electron chi connectivity index (χ1n) is 21.1. The number of methoxy groups -OCH3 is 1. The maximum Gasteiger partial charge on any atom is 0.127 e. The molecule has 12 rings (SSSR count). The molecule has 0 fully saturated rings. The molecule has 0 spiro atoms. The van der Waals surface area contributed by atoms with E-state index in [-0.39, 0.29) is 0 Å². The third-order valence-electron chi connectivity index (χ3n) is 13.0. The van der Waals surface area contributed by atoms with Gasteiger partial charge in [0.1, 0.15) is 5.75 Å². The quantitative estimate of drug-likeness (QED) is 0.158. The van der Waals surface area contributed by atoms with Gasteiger partial charge in [-0.1, -0.05) is 176 Å². The van der Waals surface area contributed by atoms with Crippen molar-refractivity contribution in [2.45, 2.75) is 6.92 Å². The molecule has 0 N–H and O–H groups in total. The lowest BCUT2D eigenvalue weighted by molar-refractivity contribution is 0.416. The van der Waals surface area contributed by atoms with Crippen LogP contribution in [0, 0.1) is 6.92 Å². The normalized spacial score (nSPS) is 11.8. The Morgan fingerprint density at radius 3 is 1.15 bits per heavy atom. The highest BCUT2D eigenvalue weighted by atomic mass is 16.5. The number of hydrogen-bond donors (Lipinski definition) is 0. The van der Waals surface area contributed by atoms with E-state index in [1.165, 1.54) is 109 Å². The van der Waals surface area contributed by atoms with E-state index in [2.05, 4.69) is 213 Å². The first-order chi connectivity index (χ1) is 30.1. The minimum atomic E-state index is 0.859. The second-order valence-corrected chi connectivity index (χ2v) is 16.4. The van der Waals surface area contributed by atoms with Crippen LogP contribution in [0.1, 0.15) is 5.56 Å². The highest BCUT2D eigenvalue weighted by Gasteiger charge is 2.17. The van der Waals surface area contributed by atoms with Crippen LogP contribution >= 0.6 is 0 Å². The van der Waals surface area contributed by atoms with Crippen molar-refractivity contribution in [3.8, 4) is 50.3 Å². The van der Waals surface area contributed by atoms with E-state index in [1.807, 2.05) is 0 Å². The maximum atomic E-state index is 6.18. The molecular formula is C60H40O. The number of benzene rings is 12. The van der Waals surface area contributed by atoms with Crippen molar-refractivity contribution in [3.63, 3.8) is 0 Å². The lowest BCUT2D eigenvalue weighted by Gasteiger charge is -2.18. The van der Waals surface area contributed by atoms with Gasteiger partial charge in [0, 0.05) is 5.56 Å². The molecule has 0 bridgehead atoms. The molecule has 0 aliphatic heterocycles. The van der Waals surface area contributed by atoms with Crippen LogP contribution in [0.2, 0.25) is 0 Å². The van der Waals surface area contributed by atoms with Crippen molar-refractivity contribution in [3.05, 3.63) is 212 Å². The van der Waals surface area contributed by atoms with Gasteiger partial charge < -0.3 is 4.74 Å². The van der Waals surface area contributed by atoms with Crippen molar-refractivity contribution in [1.29, 1.82) is 0 Å². The Bertz CT molecular complexity index is 3760. The molecule has 0 aliphatic rings. The largest absolute Gasteiger partial charge is 0.496 e. The first kappa shape index (κ1) is 35.2. The summed E-state index contributed by atoms with van der Waals surface area (Å²) in [5.41, 5.74) is 10.8. The zero-order valence-corrected chi connectivity index (χ0v) is 34.0. The second kappa shape index (κ2) is 13.9. The summed E-state index contributed by atoms with van der Waals surface area (Å²) in [6.07, 6.45) is 0. The van der Waals surface area contributed by atoms with Crippen LogP contribution in [0.4, 0.5) is 0 Å². The fraction of sp³-hybridized carbons (Fsp3) is 0.0333. The Morgan fingerprint density at radius 1 is 0.262 bits per heavy atom. The van der Waals surface area contributed by atoms with Crippen molar-refractivity contribution < 1.29 is 4.74 Å². The van der Waals surface area contributed by atoms with Crippen LogP contribution in [0.25, 0.3) is 120 Å². The van der Waals surface area contributed by atoms with Gasteiger partial charge in [-0.05, 0) is 157 Å². The standard InChI is InChI=1S/C60H40O/c1-37-31-42(27-29-46(37)43-25-23-40-21-19-38-11-3-5-13-47(38)54(40)32-43)56-35-58-53-18-10-8-16-51(53)57(36-59(58)52-17-9-7-15-50(52)56)45-28-30-49(60(34-45)61-2)44-26-24-41-22-20-39-12-4-6-14-48(39)55(41)33-44/h3-36H,1-2H3. The Morgan fingerprint density at radius 2 is 0.639 bits per heavy atom. The average Bonchev–Trinajstić information content (AvgIpc) is 3.32. The van der Waals surface area contributed by atoms with E-state index < -0.39 is 0 Å². The minimum Gasteiger partial charge on any atom is -0.496 e. The molecule has 12 aromatic carbocycles. The smallest absolute Gasteiger partial charge is 0.127 e. The van der Waals surface area contributed by atoms with E-state index in [0.717, 1.165) is 22.4 Å². The van der Waals surface area contributed by atoms with Crippen LogP contribution < -0.4 is 4.74 Å². The van der Waals surface area contributed by atoms with Crippen molar-refractivity contribution in [2.24, 2.45) is 0 Å². The van der Waals surface area contributed by atoms with Gasteiger partial charge in [-0.3, -0.25) is 0 Å². The van der Waals surface area contributed by atoms with E-state index in [1.54, 1.807) is 7.11 Å². The fourth-order valence-corrected chi connectivity index (χ4v) is 10.0. The zero-order valence-electron chi connectivity index (χ0n) is 34.0. The predicted octanol–water partition coefficient (Wildman–Crippen LogP) is 16.7. The predicted molar refractivity (Wildman–Crippen MR) is 262 cm³/mol. The van der Waals surface area contributed by atoms with Crippen molar-refractivity contribution in [1.82, 2.24) is 0 Å². The molecule has 0 aromatic heterocycles. The summed E-state index contributed by atoms with van der Waals surface area (Å²) in [7, 11) is 1.78. The highest BCUT2D eigenvalue weighted by Crippen LogP contribution is 2.44. The molecule has 12 aromatic rings. The Kier molecular flexibility index (Phi) is 8.05. The molecule has 0 unspecified atom stereocenters. The summed E-state index contributed by atoms with van der Waals surface area (Å²) < 4.78 is 6.18. The van der Waals surface area contributed by atoms with E-state index in [4.69, 9.17) is 4.74 Å². The SMILES string of the molecule is COc1cc(-c2cc3c4ccccc4c(-c4ccc(-c5ccc6ccc7ccccc7c6c5)c(C)c4)cc3c3ccccc23)ccc1-c1ccc2ccc3ccccc3c2c1. The van der Waals surface area contributed by atoms with Gasteiger partial charge in [0.25, 0.3) is 0 Å². The Hall–Kier alpha value is -7.74. The molecule has 0 saturated carbocycles. The van der Waals surface area contributed by atoms with E-state index in [9.17, 15) is 0 Å². The number of hydrogen-bond acceptors (Lipinski definition) is 1. The molecule has 286 valence electrons. The van der Waals surface area contributed by atoms with Crippen LogP contribution in [-0.2, 0) is 0 Å². The van der Waals surface area contributed by atoms with Gasteiger partial charge in [0.05, 0.1) is 7.11 Å². The zero-order chi connectivity index (χ0) is 40.6. The third kappa shape index (κ3) is 5.69. The summed E-state index contributed by atoms with van der Waals surface area (Å²) in [6.45, 7) is 2.25. The molecule has 0 heterocycles. The van der Waals surface area contributed by atoms with Gasteiger partial charge in [0.15, 0.2) is 0 Å². The summed E-state index contributed by atoms with van der Waals surface area (Å²) in [5, 5.41) is 17.6. The van der Waals surface area contributed by atoms with Crippen LogP contribution in [0.3, 0.4) is 0 Å². The Labute approximate surface area is 354 Å². The molecule has 0 saturated heterocycles. The topological polar surface area (TPSA) is 9.23 Å². The number of rotatable bonds is 5. The molecule has 61 heavy (non-hydrogen) atoms. The Balaban J connectivity index is 0.987. The second-order valence-electron chi connectivity index (χ2n) is 16.4. The van der Waals surface area contributed by atoms with Gasteiger partial charge in [-0.15, -0.1) is 0 Å². The van der Waals surface area contributed by atoms with Gasteiger partial charge in [-0.25, -0.2) is 0 Å². The number of aryl methyl sites for hydroxylation is 1. The van der Waals surface area contributed by atoms with Gasteiger partial charge >= 0.3 is 0 Å². The molecule has 1 nitrogen and oxygen atoms in total. The molecule has 0 aliphatic carbocycles. The summed E-state index contributed by atoms with van der Waals surface area (Å²) in [5.74, 6) is 0.859. The van der Waals surface area contributed by atoms with Gasteiger partial charge in [0.2, 0.25) is 0 Å². The number of fused-ring (bicyclic) bond motifs is 11. The summed E-state index contributed by atoms with van der Waals surface area (Å²) >= 11 is 0. The van der Waals surface area contributed by atoms with E-state index >= 15 is 0 Å². The highest BCUT2D eigenvalue weighted by molar-refractivity contribution is 6.24. The van der Waals surface area contributed by atoms with Crippen molar-refractivity contribution >= 4 is 75.4 Å². The lowest BCUT2D eigenvalue weighted by atomic mass is 9.86. The third-order valence-corrected chi connectivity index (χ3v) is 13.0. The number of ether oxygens (including phenoxy) is 1. The van der Waals surface area contributed by atoms with Crippen LogP contribution in [-0.4, -0.2) is 7.11 Å². The molecular weight excluding hydrogens is 737 g/mol. The monoisotopic (exact) mass is 776 g/mol. The maximum absolute atomic E-state index is 6.18.